The van der Waals surface area contributed by atoms with Crippen LogP contribution in [-0.2, 0) is 4.74 Å². The summed E-state index contributed by atoms with van der Waals surface area (Å²) in [6.45, 7) is 9.00. The molecule has 0 aromatic carbocycles. The average molecular weight is 184 g/mol. The molecule has 78 valence electrons. The highest BCUT2D eigenvalue weighted by molar-refractivity contribution is 4.72. The van der Waals surface area contributed by atoms with Crippen molar-refractivity contribution in [3.63, 3.8) is 0 Å². The third-order valence-electron chi connectivity index (χ3n) is 3.23. The molecule has 1 aliphatic heterocycles. The van der Waals surface area contributed by atoms with E-state index < -0.39 is 0 Å². The lowest BCUT2D eigenvalue weighted by Crippen LogP contribution is -2.24. The van der Waals surface area contributed by atoms with Crippen molar-refractivity contribution in [3.8, 4) is 0 Å². The Morgan fingerprint density at radius 1 is 1.23 bits per heavy atom. The van der Waals surface area contributed by atoms with Crippen molar-refractivity contribution >= 4 is 0 Å². The van der Waals surface area contributed by atoms with Gasteiger partial charge in [0.15, 0.2) is 0 Å². The Morgan fingerprint density at radius 3 is 2.31 bits per heavy atom. The molecule has 0 bridgehead atoms. The number of hydrogen-bond acceptors (Lipinski definition) is 1. The van der Waals surface area contributed by atoms with Gasteiger partial charge in [0.25, 0.3) is 0 Å². The number of ether oxygens (including phenoxy) is 1. The molecule has 1 nitrogen and oxygen atoms in total. The van der Waals surface area contributed by atoms with Gasteiger partial charge in [0, 0.05) is 13.2 Å². The molecular weight excluding hydrogens is 160 g/mol. The Morgan fingerprint density at radius 2 is 1.85 bits per heavy atom. The minimum Gasteiger partial charge on any atom is -0.381 e. The van der Waals surface area contributed by atoms with Gasteiger partial charge in [0.1, 0.15) is 0 Å². The molecule has 1 rings (SSSR count). The molecule has 1 heteroatoms. The maximum Gasteiger partial charge on any atom is 0.0468 e. The first kappa shape index (κ1) is 11.0. The standard InChI is InChI=1S/C12H24O/c1-4-11(9-10(2)3)12-5-7-13-8-6-12/h10-12H,4-9H2,1-3H3. The maximum absolute atomic E-state index is 5.40. The fourth-order valence-electron chi connectivity index (χ4n) is 2.49. The predicted octanol–water partition coefficient (Wildman–Crippen LogP) is 3.49. The summed E-state index contributed by atoms with van der Waals surface area (Å²) in [5.41, 5.74) is 0. The van der Waals surface area contributed by atoms with E-state index in [9.17, 15) is 0 Å². The van der Waals surface area contributed by atoms with Crippen LogP contribution in [0.2, 0.25) is 0 Å². The zero-order chi connectivity index (χ0) is 9.68. The normalized spacial score (nSPS) is 22.2. The molecule has 1 aliphatic rings. The van der Waals surface area contributed by atoms with E-state index >= 15 is 0 Å². The van der Waals surface area contributed by atoms with Crippen LogP contribution < -0.4 is 0 Å². The second kappa shape index (κ2) is 5.64. The molecule has 1 fully saturated rings. The lowest BCUT2D eigenvalue weighted by molar-refractivity contribution is 0.0418. The summed E-state index contributed by atoms with van der Waals surface area (Å²) in [5, 5.41) is 0. The quantitative estimate of drug-likeness (QED) is 0.650. The van der Waals surface area contributed by atoms with Crippen LogP contribution in [0.25, 0.3) is 0 Å². The highest BCUT2D eigenvalue weighted by atomic mass is 16.5. The molecule has 0 spiro atoms. The predicted molar refractivity (Wildman–Crippen MR) is 56.8 cm³/mol. The van der Waals surface area contributed by atoms with Crippen LogP contribution in [0.15, 0.2) is 0 Å². The smallest absolute Gasteiger partial charge is 0.0468 e. The molecule has 0 aliphatic carbocycles. The number of hydrogen-bond donors (Lipinski definition) is 0. The Bertz CT molecular complexity index is 125. The second-order valence-corrected chi connectivity index (χ2v) is 4.75. The topological polar surface area (TPSA) is 9.23 Å². The first-order valence-corrected chi connectivity index (χ1v) is 5.81. The SMILES string of the molecule is CCC(CC(C)C)C1CCOCC1. The molecule has 0 aromatic rings. The van der Waals surface area contributed by atoms with Crippen LogP contribution in [0.1, 0.15) is 46.5 Å². The van der Waals surface area contributed by atoms with E-state index in [1.807, 2.05) is 0 Å². The molecular formula is C12H24O. The first-order valence-electron chi connectivity index (χ1n) is 5.81. The molecule has 0 N–H and O–H groups in total. The summed E-state index contributed by atoms with van der Waals surface area (Å²) in [6, 6.07) is 0. The summed E-state index contributed by atoms with van der Waals surface area (Å²) in [4.78, 5) is 0. The van der Waals surface area contributed by atoms with Crippen LogP contribution in [0, 0.1) is 17.8 Å². The fourth-order valence-corrected chi connectivity index (χ4v) is 2.49. The third-order valence-corrected chi connectivity index (χ3v) is 3.23. The van der Waals surface area contributed by atoms with Gasteiger partial charge in [-0.1, -0.05) is 27.2 Å². The molecule has 0 aromatic heterocycles. The summed E-state index contributed by atoms with van der Waals surface area (Å²) in [5.74, 6) is 2.75. The van der Waals surface area contributed by atoms with Crippen molar-refractivity contribution < 1.29 is 4.74 Å². The second-order valence-electron chi connectivity index (χ2n) is 4.75. The van der Waals surface area contributed by atoms with Gasteiger partial charge in [-0.15, -0.1) is 0 Å². The van der Waals surface area contributed by atoms with E-state index in [1.54, 1.807) is 0 Å². The Kier molecular flexibility index (Phi) is 4.79. The van der Waals surface area contributed by atoms with E-state index in [2.05, 4.69) is 20.8 Å². The van der Waals surface area contributed by atoms with Gasteiger partial charge in [-0.05, 0) is 37.0 Å². The highest BCUT2D eigenvalue weighted by Crippen LogP contribution is 2.30. The van der Waals surface area contributed by atoms with Gasteiger partial charge in [0.05, 0.1) is 0 Å². The van der Waals surface area contributed by atoms with Crippen molar-refractivity contribution in [2.24, 2.45) is 17.8 Å². The summed E-state index contributed by atoms with van der Waals surface area (Å²) in [6.07, 6.45) is 5.35. The van der Waals surface area contributed by atoms with Gasteiger partial charge in [-0.2, -0.15) is 0 Å². The third kappa shape index (κ3) is 3.68. The fraction of sp³-hybridized carbons (Fsp3) is 1.00. The summed E-state index contributed by atoms with van der Waals surface area (Å²) < 4.78 is 5.40. The lowest BCUT2D eigenvalue weighted by Gasteiger charge is -2.30. The zero-order valence-corrected chi connectivity index (χ0v) is 9.38. The maximum atomic E-state index is 5.40. The Hall–Kier alpha value is -0.0400. The summed E-state index contributed by atoms with van der Waals surface area (Å²) in [7, 11) is 0. The van der Waals surface area contributed by atoms with Crippen molar-refractivity contribution in [1.82, 2.24) is 0 Å². The van der Waals surface area contributed by atoms with Gasteiger partial charge < -0.3 is 4.74 Å². The van der Waals surface area contributed by atoms with Crippen LogP contribution in [0.4, 0.5) is 0 Å². The van der Waals surface area contributed by atoms with Crippen LogP contribution in [-0.4, -0.2) is 13.2 Å². The minimum atomic E-state index is 0.854. The molecule has 1 atom stereocenters. The minimum absolute atomic E-state index is 0.854. The molecule has 1 heterocycles. The van der Waals surface area contributed by atoms with Crippen LogP contribution in [0.3, 0.4) is 0 Å². The van der Waals surface area contributed by atoms with Crippen molar-refractivity contribution in [1.29, 1.82) is 0 Å². The Labute approximate surface area is 82.9 Å². The molecule has 0 saturated carbocycles. The van der Waals surface area contributed by atoms with Gasteiger partial charge in [-0.3, -0.25) is 0 Å². The van der Waals surface area contributed by atoms with E-state index in [-0.39, 0.29) is 0 Å². The monoisotopic (exact) mass is 184 g/mol. The largest absolute Gasteiger partial charge is 0.381 e. The van der Waals surface area contributed by atoms with Crippen molar-refractivity contribution in [3.05, 3.63) is 0 Å². The van der Waals surface area contributed by atoms with E-state index in [0.717, 1.165) is 31.0 Å². The van der Waals surface area contributed by atoms with Gasteiger partial charge >= 0.3 is 0 Å². The highest BCUT2D eigenvalue weighted by Gasteiger charge is 2.22. The van der Waals surface area contributed by atoms with Gasteiger partial charge in [0.2, 0.25) is 0 Å². The van der Waals surface area contributed by atoms with E-state index in [4.69, 9.17) is 4.74 Å². The molecule has 13 heavy (non-hydrogen) atoms. The first-order chi connectivity index (χ1) is 6.24. The number of rotatable bonds is 4. The summed E-state index contributed by atoms with van der Waals surface area (Å²) >= 11 is 0. The zero-order valence-electron chi connectivity index (χ0n) is 9.38. The average Bonchev–Trinajstić information content (AvgIpc) is 2.15. The van der Waals surface area contributed by atoms with Crippen LogP contribution in [0.5, 0.6) is 0 Å². The van der Waals surface area contributed by atoms with E-state index in [1.165, 1.54) is 25.7 Å². The Balaban J connectivity index is 2.34. The van der Waals surface area contributed by atoms with Crippen LogP contribution >= 0.6 is 0 Å². The molecule has 0 amide bonds. The molecule has 1 unspecified atom stereocenters. The van der Waals surface area contributed by atoms with Gasteiger partial charge in [-0.25, -0.2) is 0 Å². The van der Waals surface area contributed by atoms with E-state index in [0.29, 0.717) is 0 Å². The lowest BCUT2D eigenvalue weighted by atomic mass is 9.79. The molecule has 0 radical (unpaired) electrons. The van der Waals surface area contributed by atoms with Crippen molar-refractivity contribution in [2.75, 3.05) is 13.2 Å². The molecule has 1 saturated heterocycles. The van der Waals surface area contributed by atoms with Crippen molar-refractivity contribution in [2.45, 2.75) is 46.5 Å².